The van der Waals surface area contributed by atoms with Crippen molar-refractivity contribution in [3.8, 4) is 0 Å². The van der Waals surface area contributed by atoms with Crippen molar-refractivity contribution in [3.63, 3.8) is 0 Å². The van der Waals surface area contributed by atoms with E-state index in [9.17, 15) is 9.59 Å². The molecular formula is C11H13N5O3. The highest BCUT2D eigenvalue weighted by Crippen LogP contribution is 2.10. The maximum Gasteiger partial charge on any atom is 0.325 e. The molecule has 0 fully saturated rings. The van der Waals surface area contributed by atoms with Gasteiger partial charge in [-0.2, -0.15) is 10.1 Å². The second-order valence-corrected chi connectivity index (χ2v) is 3.98. The number of aromatic nitrogens is 4. The molecule has 2 aromatic rings. The summed E-state index contributed by atoms with van der Waals surface area (Å²) < 4.78 is 1.47. The first-order valence-corrected chi connectivity index (χ1v) is 5.75. The van der Waals surface area contributed by atoms with E-state index in [0.717, 1.165) is 0 Å². The number of nitrogens with zero attached hydrogens (tertiary/aromatic N) is 4. The van der Waals surface area contributed by atoms with E-state index in [1.165, 1.54) is 24.0 Å². The van der Waals surface area contributed by atoms with Gasteiger partial charge in [-0.1, -0.05) is 6.92 Å². The van der Waals surface area contributed by atoms with Gasteiger partial charge in [-0.05, 0) is 13.3 Å². The molecule has 0 bridgehead atoms. The molecular weight excluding hydrogens is 250 g/mol. The van der Waals surface area contributed by atoms with Crippen LogP contribution in [0.1, 0.15) is 29.9 Å². The Morgan fingerprint density at radius 2 is 2.21 bits per heavy atom. The highest BCUT2D eigenvalue weighted by molar-refractivity contribution is 5.97. The van der Waals surface area contributed by atoms with Crippen molar-refractivity contribution in [2.24, 2.45) is 0 Å². The number of aliphatic carboxylic acids is 1. The standard InChI is InChI=1S/C11H13N5O3/c1-3-8-7(9(17)15-6(2)10(18)19)4-12-11-13-5-14-16(8)11/h4-6H,3H2,1-2H3,(H,15,17)(H,18,19)/t6-/m1/s1. The van der Waals surface area contributed by atoms with Gasteiger partial charge in [0.25, 0.3) is 11.7 Å². The number of carboxylic acid groups (broad SMARTS) is 1. The van der Waals surface area contributed by atoms with Gasteiger partial charge in [0.15, 0.2) is 0 Å². The Kier molecular flexibility index (Phi) is 3.41. The average molecular weight is 263 g/mol. The molecule has 0 saturated carbocycles. The summed E-state index contributed by atoms with van der Waals surface area (Å²) in [6.07, 6.45) is 3.28. The van der Waals surface area contributed by atoms with Crippen LogP contribution in [0.15, 0.2) is 12.5 Å². The lowest BCUT2D eigenvalue weighted by Gasteiger charge is -2.12. The smallest absolute Gasteiger partial charge is 0.325 e. The third-order valence-electron chi connectivity index (χ3n) is 2.70. The van der Waals surface area contributed by atoms with Crippen molar-refractivity contribution in [3.05, 3.63) is 23.8 Å². The Bertz CT molecular complexity index is 636. The van der Waals surface area contributed by atoms with Gasteiger partial charge in [0.05, 0.1) is 11.3 Å². The molecule has 2 heterocycles. The van der Waals surface area contributed by atoms with Crippen LogP contribution in [0.4, 0.5) is 0 Å². The van der Waals surface area contributed by atoms with Gasteiger partial charge in [0.1, 0.15) is 12.4 Å². The number of carbonyl (C=O) groups is 2. The first-order chi connectivity index (χ1) is 9.04. The van der Waals surface area contributed by atoms with Gasteiger partial charge >= 0.3 is 5.97 Å². The highest BCUT2D eigenvalue weighted by atomic mass is 16.4. The van der Waals surface area contributed by atoms with E-state index in [4.69, 9.17) is 5.11 Å². The van der Waals surface area contributed by atoms with E-state index < -0.39 is 17.9 Å². The third kappa shape index (κ3) is 2.37. The van der Waals surface area contributed by atoms with Crippen LogP contribution in [0, 0.1) is 0 Å². The number of aryl methyl sites for hydroxylation is 1. The van der Waals surface area contributed by atoms with Crippen LogP contribution in [0.5, 0.6) is 0 Å². The first-order valence-electron chi connectivity index (χ1n) is 5.75. The lowest BCUT2D eigenvalue weighted by Crippen LogP contribution is -2.39. The van der Waals surface area contributed by atoms with Crippen LogP contribution >= 0.6 is 0 Å². The molecule has 0 aromatic carbocycles. The van der Waals surface area contributed by atoms with Crippen molar-refractivity contribution in [2.75, 3.05) is 0 Å². The molecule has 2 aromatic heterocycles. The van der Waals surface area contributed by atoms with Gasteiger partial charge in [-0.3, -0.25) is 9.59 Å². The van der Waals surface area contributed by atoms with Crippen molar-refractivity contribution in [1.82, 2.24) is 24.9 Å². The molecule has 0 aliphatic heterocycles. The molecule has 0 spiro atoms. The molecule has 0 unspecified atom stereocenters. The van der Waals surface area contributed by atoms with Crippen molar-refractivity contribution >= 4 is 17.7 Å². The number of hydrogen-bond acceptors (Lipinski definition) is 5. The van der Waals surface area contributed by atoms with Crippen LogP contribution in [0.2, 0.25) is 0 Å². The predicted octanol–water partition coefficient (Wildman–Crippen LogP) is -0.110. The monoisotopic (exact) mass is 263 g/mol. The minimum Gasteiger partial charge on any atom is -0.480 e. The highest BCUT2D eigenvalue weighted by Gasteiger charge is 2.19. The summed E-state index contributed by atoms with van der Waals surface area (Å²) in [5, 5.41) is 15.2. The first kappa shape index (κ1) is 12.9. The van der Waals surface area contributed by atoms with Gasteiger partial charge in [0.2, 0.25) is 0 Å². The lowest BCUT2D eigenvalue weighted by atomic mass is 10.1. The summed E-state index contributed by atoms with van der Waals surface area (Å²) in [6.45, 7) is 3.27. The van der Waals surface area contributed by atoms with Gasteiger partial charge in [0, 0.05) is 6.20 Å². The summed E-state index contributed by atoms with van der Waals surface area (Å²) in [5.74, 6) is -1.18. The van der Waals surface area contributed by atoms with Gasteiger partial charge < -0.3 is 10.4 Å². The minimum atomic E-state index is -1.10. The number of carboxylic acids is 1. The van der Waals surface area contributed by atoms with E-state index >= 15 is 0 Å². The fourth-order valence-electron chi connectivity index (χ4n) is 1.69. The summed E-state index contributed by atoms with van der Waals surface area (Å²) in [7, 11) is 0. The molecule has 1 atom stereocenters. The average Bonchev–Trinajstić information content (AvgIpc) is 2.85. The van der Waals surface area contributed by atoms with E-state index in [1.807, 2.05) is 6.92 Å². The molecule has 2 N–H and O–H groups in total. The Labute approximate surface area is 108 Å². The second kappa shape index (κ2) is 5.01. The fraction of sp³-hybridized carbons (Fsp3) is 0.364. The molecule has 0 saturated heterocycles. The van der Waals surface area contributed by atoms with Crippen molar-refractivity contribution in [1.29, 1.82) is 0 Å². The second-order valence-electron chi connectivity index (χ2n) is 3.98. The number of amides is 1. The number of fused-ring (bicyclic) bond motifs is 1. The van der Waals surface area contributed by atoms with Crippen molar-refractivity contribution in [2.45, 2.75) is 26.3 Å². The molecule has 100 valence electrons. The van der Waals surface area contributed by atoms with E-state index in [-0.39, 0.29) is 0 Å². The molecule has 8 nitrogen and oxygen atoms in total. The van der Waals surface area contributed by atoms with E-state index in [0.29, 0.717) is 23.5 Å². The molecule has 19 heavy (non-hydrogen) atoms. The van der Waals surface area contributed by atoms with E-state index in [2.05, 4.69) is 20.4 Å². The Morgan fingerprint density at radius 3 is 2.84 bits per heavy atom. The molecule has 8 heteroatoms. The van der Waals surface area contributed by atoms with Crippen molar-refractivity contribution < 1.29 is 14.7 Å². The SMILES string of the molecule is CCc1c(C(=O)N[C@H](C)C(=O)O)cnc2ncnn12. The zero-order chi connectivity index (χ0) is 14.0. The summed E-state index contributed by atoms with van der Waals surface area (Å²) in [5.41, 5.74) is 0.936. The molecule has 0 aliphatic rings. The Morgan fingerprint density at radius 1 is 1.47 bits per heavy atom. The van der Waals surface area contributed by atoms with Crippen LogP contribution < -0.4 is 5.32 Å². The van der Waals surface area contributed by atoms with Crippen LogP contribution in [0.3, 0.4) is 0 Å². The number of rotatable bonds is 4. The lowest BCUT2D eigenvalue weighted by molar-refractivity contribution is -0.138. The van der Waals surface area contributed by atoms with Gasteiger partial charge in [-0.25, -0.2) is 9.50 Å². The normalized spacial score (nSPS) is 12.3. The van der Waals surface area contributed by atoms with Crippen LogP contribution in [0.25, 0.3) is 5.78 Å². The van der Waals surface area contributed by atoms with Crippen LogP contribution in [-0.2, 0) is 11.2 Å². The largest absolute Gasteiger partial charge is 0.480 e. The van der Waals surface area contributed by atoms with Crippen LogP contribution in [-0.4, -0.2) is 42.6 Å². The molecule has 0 radical (unpaired) electrons. The number of hydrogen-bond donors (Lipinski definition) is 2. The summed E-state index contributed by atoms with van der Waals surface area (Å²) in [4.78, 5) is 30.7. The topological polar surface area (TPSA) is 109 Å². The summed E-state index contributed by atoms with van der Waals surface area (Å²) >= 11 is 0. The minimum absolute atomic E-state index is 0.300. The maximum atomic E-state index is 12.0. The van der Waals surface area contributed by atoms with E-state index in [1.54, 1.807) is 0 Å². The van der Waals surface area contributed by atoms with Gasteiger partial charge in [-0.15, -0.1) is 0 Å². The zero-order valence-corrected chi connectivity index (χ0v) is 10.5. The Balaban J connectivity index is 2.38. The predicted molar refractivity (Wildman–Crippen MR) is 64.7 cm³/mol. The maximum absolute atomic E-state index is 12.0. The third-order valence-corrected chi connectivity index (χ3v) is 2.70. The quantitative estimate of drug-likeness (QED) is 0.796. The molecule has 1 amide bonds. The fourth-order valence-corrected chi connectivity index (χ4v) is 1.69. The summed E-state index contributed by atoms with van der Waals surface area (Å²) in [6, 6.07) is -0.969. The molecule has 0 aliphatic carbocycles. The zero-order valence-electron chi connectivity index (χ0n) is 10.5. The number of carbonyl (C=O) groups excluding carboxylic acids is 1. The number of nitrogens with one attached hydrogen (secondary N) is 1. The molecule has 2 rings (SSSR count). The Hall–Kier alpha value is -2.51.